The molecule has 8 nitrogen and oxygen atoms in total. The van der Waals surface area contributed by atoms with E-state index < -0.39 is 16.8 Å². The SMILES string of the molecule is Cc1cc(Nc2ccnc(S(=O)Cc3ccc(C(=O)O)cc3)n2)n[nH]1. The first-order valence-corrected chi connectivity index (χ1v) is 8.66. The van der Waals surface area contributed by atoms with Crippen LogP contribution in [0.5, 0.6) is 0 Å². The maximum absolute atomic E-state index is 12.5. The van der Waals surface area contributed by atoms with Crippen molar-refractivity contribution in [3.8, 4) is 0 Å². The van der Waals surface area contributed by atoms with Gasteiger partial charge in [-0.2, -0.15) is 5.10 Å². The highest BCUT2D eigenvalue weighted by Gasteiger charge is 2.11. The van der Waals surface area contributed by atoms with Gasteiger partial charge >= 0.3 is 5.97 Å². The number of hydrogen-bond acceptors (Lipinski definition) is 6. The lowest BCUT2D eigenvalue weighted by Gasteiger charge is -2.05. The molecule has 0 spiro atoms. The van der Waals surface area contributed by atoms with Crippen LogP contribution in [-0.4, -0.2) is 35.5 Å². The number of aromatic amines is 1. The molecule has 1 unspecified atom stereocenters. The Morgan fingerprint density at radius 3 is 2.64 bits per heavy atom. The van der Waals surface area contributed by atoms with Crippen molar-refractivity contribution in [1.82, 2.24) is 20.2 Å². The summed E-state index contributed by atoms with van der Waals surface area (Å²) in [6.45, 7) is 1.88. The summed E-state index contributed by atoms with van der Waals surface area (Å²) < 4.78 is 12.5. The molecular weight excluding hydrogens is 342 g/mol. The molecule has 0 aliphatic heterocycles. The van der Waals surface area contributed by atoms with Gasteiger partial charge in [0.25, 0.3) is 0 Å². The Labute approximate surface area is 145 Å². The second-order valence-electron chi connectivity index (χ2n) is 5.28. The maximum Gasteiger partial charge on any atom is 0.335 e. The van der Waals surface area contributed by atoms with E-state index in [0.29, 0.717) is 11.6 Å². The quantitative estimate of drug-likeness (QED) is 0.579. The largest absolute Gasteiger partial charge is 0.478 e. The van der Waals surface area contributed by atoms with Crippen molar-refractivity contribution in [1.29, 1.82) is 0 Å². The third-order valence-corrected chi connectivity index (χ3v) is 4.50. The topological polar surface area (TPSA) is 121 Å². The number of nitrogens with one attached hydrogen (secondary N) is 2. The molecule has 3 rings (SSSR count). The van der Waals surface area contributed by atoms with E-state index in [1.165, 1.54) is 18.3 Å². The van der Waals surface area contributed by atoms with Gasteiger partial charge in [0, 0.05) is 18.0 Å². The molecule has 0 saturated heterocycles. The number of carboxylic acids is 1. The first kappa shape index (κ1) is 16.8. The first-order chi connectivity index (χ1) is 12.0. The number of benzene rings is 1. The molecule has 9 heteroatoms. The zero-order chi connectivity index (χ0) is 17.8. The van der Waals surface area contributed by atoms with Gasteiger partial charge in [-0.25, -0.2) is 14.8 Å². The summed E-state index contributed by atoms with van der Waals surface area (Å²) >= 11 is 0. The average molecular weight is 357 g/mol. The Bertz CT molecular complexity index is 924. The Morgan fingerprint density at radius 2 is 2.00 bits per heavy atom. The standard InChI is InChI=1S/C16H15N5O3S/c1-10-8-14(21-20-10)18-13-6-7-17-16(19-13)25(24)9-11-2-4-12(5-3-11)15(22)23/h2-8H,9H2,1H3,(H,22,23)(H2,17,18,19,20,21). The molecule has 2 heterocycles. The van der Waals surface area contributed by atoms with E-state index in [-0.39, 0.29) is 16.5 Å². The van der Waals surface area contributed by atoms with Crippen molar-refractivity contribution in [2.75, 3.05) is 5.32 Å². The molecule has 1 aromatic carbocycles. The Kier molecular flexibility index (Phi) is 4.85. The fourth-order valence-corrected chi connectivity index (χ4v) is 3.10. The van der Waals surface area contributed by atoms with E-state index in [0.717, 1.165) is 11.3 Å². The number of anilines is 2. The minimum absolute atomic E-state index is 0.186. The number of carboxylic acid groups (broad SMARTS) is 1. The zero-order valence-corrected chi connectivity index (χ0v) is 14.1. The van der Waals surface area contributed by atoms with Crippen molar-refractivity contribution in [2.45, 2.75) is 17.8 Å². The summed E-state index contributed by atoms with van der Waals surface area (Å²) in [5, 5.41) is 19.0. The molecule has 1 atom stereocenters. The van der Waals surface area contributed by atoms with Gasteiger partial charge < -0.3 is 10.4 Å². The van der Waals surface area contributed by atoms with Crippen molar-refractivity contribution in [3.05, 3.63) is 59.4 Å². The van der Waals surface area contributed by atoms with Gasteiger partial charge in [0.2, 0.25) is 5.16 Å². The minimum atomic E-state index is -1.45. The summed E-state index contributed by atoms with van der Waals surface area (Å²) in [6.07, 6.45) is 1.52. The summed E-state index contributed by atoms with van der Waals surface area (Å²) in [4.78, 5) is 19.2. The highest BCUT2D eigenvalue weighted by atomic mass is 32.2. The molecule has 3 aromatic rings. The summed E-state index contributed by atoms with van der Waals surface area (Å²) in [5.74, 6) is 0.303. The van der Waals surface area contributed by atoms with Crippen molar-refractivity contribution in [2.24, 2.45) is 0 Å². The number of hydrogen-bond donors (Lipinski definition) is 3. The average Bonchev–Trinajstić information content (AvgIpc) is 3.00. The number of aromatic nitrogens is 4. The fraction of sp³-hybridized carbons (Fsp3) is 0.125. The van der Waals surface area contributed by atoms with Crippen LogP contribution in [0.2, 0.25) is 0 Å². The van der Waals surface area contributed by atoms with E-state index in [4.69, 9.17) is 5.11 Å². The lowest BCUT2D eigenvalue weighted by atomic mass is 10.1. The summed E-state index contributed by atoms with van der Waals surface area (Å²) in [6, 6.07) is 9.71. The van der Waals surface area contributed by atoms with Crippen molar-refractivity contribution < 1.29 is 14.1 Å². The number of H-pyrrole nitrogens is 1. The first-order valence-electron chi connectivity index (χ1n) is 7.34. The Balaban J connectivity index is 1.71. The lowest BCUT2D eigenvalue weighted by Crippen LogP contribution is -2.05. The molecule has 2 aromatic heterocycles. The maximum atomic E-state index is 12.5. The number of aryl methyl sites for hydroxylation is 1. The van der Waals surface area contributed by atoms with Gasteiger partial charge in [0.1, 0.15) is 5.82 Å². The molecule has 0 aliphatic carbocycles. The smallest absolute Gasteiger partial charge is 0.335 e. The normalized spacial score (nSPS) is 11.9. The molecular formula is C16H15N5O3S. The molecule has 0 radical (unpaired) electrons. The van der Waals surface area contributed by atoms with Crippen LogP contribution in [0.3, 0.4) is 0 Å². The summed E-state index contributed by atoms with van der Waals surface area (Å²) in [5.41, 5.74) is 1.84. The second-order valence-corrected chi connectivity index (χ2v) is 6.62. The van der Waals surface area contributed by atoms with Gasteiger partial charge in [0.05, 0.1) is 22.1 Å². The predicted octanol–water partition coefficient (Wildman–Crippen LogP) is 2.26. The third-order valence-electron chi connectivity index (χ3n) is 3.30. The molecule has 128 valence electrons. The number of aromatic carboxylic acids is 1. The summed E-state index contributed by atoms with van der Waals surface area (Å²) in [7, 11) is -1.45. The van der Waals surface area contributed by atoms with Gasteiger partial charge in [0.15, 0.2) is 5.82 Å². The predicted molar refractivity (Wildman–Crippen MR) is 92.2 cm³/mol. The van der Waals surface area contributed by atoms with E-state index in [1.54, 1.807) is 18.2 Å². The molecule has 0 amide bonds. The fourth-order valence-electron chi connectivity index (χ4n) is 2.09. The van der Waals surface area contributed by atoms with Crippen LogP contribution in [0.4, 0.5) is 11.6 Å². The van der Waals surface area contributed by atoms with E-state index in [2.05, 4.69) is 25.5 Å². The monoisotopic (exact) mass is 357 g/mol. The Hall–Kier alpha value is -3.07. The van der Waals surface area contributed by atoms with Gasteiger partial charge in [-0.3, -0.25) is 9.31 Å². The molecule has 0 fully saturated rings. The van der Waals surface area contributed by atoms with Crippen molar-refractivity contribution >= 4 is 28.4 Å². The van der Waals surface area contributed by atoms with E-state index in [1.807, 2.05) is 13.0 Å². The third kappa shape index (κ3) is 4.27. The van der Waals surface area contributed by atoms with Crippen LogP contribution in [0.25, 0.3) is 0 Å². The van der Waals surface area contributed by atoms with Crippen LogP contribution >= 0.6 is 0 Å². The van der Waals surface area contributed by atoms with E-state index >= 15 is 0 Å². The van der Waals surface area contributed by atoms with Crippen LogP contribution in [-0.2, 0) is 16.6 Å². The van der Waals surface area contributed by atoms with Crippen molar-refractivity contribution in [3.63, 3.8) is 0 Å². The molecule has 25 heavy (non-hydrogen) atoms. The second kappa shape index (κ2) is 7.22. The van der Waals surface area contributed by atoms with Crippen LogP contribution in [0, 0.1) is 6.92 Å². The zero-order valence-electron chi connectivity index (χ0n) is 13.3. The Morgan fingerprint density at radius 1 is 1.24 bits per heavy atom. The minimum Gasteiger partial charge on any atom is -0.478 e. The van der Waals surface area contributed by atoms with E-state index in [9.17, 15) is 9.00 Å². The van der Waals surface area contributed by atoms with Crippen LogP contribution in [0.1, 0.15) is 21.6 Å². The lowest BCUT2D eigenvalue weighted by molar-refractivity contribution is 0.0697. The molecule has 0 bridgehead atoms. The number of carbonyl (C=O) groups is 1. The highest BCUT2D eigenvalue weighted by Crippen LogP contribution is 2.15. The molecule has 0 saturated carbocycles. The van der Waals surface area contributed by atoms with Crippen LogP contribution < -0.4 is 5.32 Å². The van der Waals surface area contributed by atoms with Gasteiger partial charge in [-0.15, -0.1) is 0 Å². The molecule has 3 N–H and O–H groups in total. The number of rotatable bonds is 6. The van der Waals surface area contributed by atoms with Crippen LogP contribution in [0.15, 0.2) is 47.8 Å². The number of nitrogens with zero attached hydrogens (tertiary/aromatic N) is 3. The molecule has 0 aliphatic rings. The highest BCUT2D eigenvalue weighted by molar-refractivity contribution is 7.84. The van der Waals surface area contributed by atoms with Gasteiger partial charge in [-0.05, 0) is 30.7 Å². The van der Waals surface area contributed by atoms with Gasteiger partial charge in [-0.1, -0.05) is 12.1 Å².